The zero-order valence-electron chi connectivity index (χ0n) is 7.88. The molecule has 1 aliphatic rings. The normalized spacial score (nSPS) is 15.5. The van der Waals surface area contributed by atoms with E-state index in [0.717, 1.165) is 32.1 Å². The number of aliphatic hydroxyl groups is 1. The molecule has 0 aromatic heterocycles. The summed E-state index contributed by atoms with van der Waals surface area (Å²) >= 11 is 0. The van der Waals surface area contributed by atoms with E-state index in [9.17, 15) is 4.79 Å². The van der Waals surface area contributed by atoms with Crippen molar-refractivity contribution < 1.29 is 9.90 Å². The van der Waals surface area contributed by atoms with Crippen LogP contribution in [-0.4, -0.2) is 30.3 Å². The lowest BCUT2D eigenvalue weighted by molar-refractivity contribution is 0.240. The molecule has 2 amide bonds. The van der Waals surface area contributed by atoms with Crippen LogP contribution in [0.15, 0.2) is 0 Å². The summed E-state index contributed by atoms with van der Waals surface area (Å²) in [5.74, 6) is 0. The fourth-order valence-electron chi connectivity index (χ4n) is 1.08. The van der Waals surface area contributed by atoms with E-state index >= 15 is 0 Å². The highest BCUT2D eigenvalue weighted by Gasteiger charge is 2.22. The van der Waals surface area contributed by atoms with Crippen LogP contribution < -0.4 is 10.6 Å². The van der Waals surface area contributed by atoms with Gasteiger partial charge < -0.3 is 15.7 Å². The smallest absolute Gasteiger partial charge is 0.315 e. The summed E-state index contributed by atoms with van der Waals surface area (Å²) in [6.07, 6.45) is 4.99. The van der Waals surface area contributed by atoms with Crippen molar-refractivity contribution in [3.63, 3.8) is 0 Å². The molecule has 4 heteroatoms. The highest BCUT2D eigenvalue weighted by Crippen LogP contribution is 2.18. The molecule has 1 fully saturated rings. The molecule has 4 nitrogen and oxygen atoms in total. The van der Waals surface area contributed by atoms with Gasteiger partial charge in [0.15, 0.2) is 0 Å². The molecule has 0 unspecified atom stereocenters. The lowest BCUT2D eigenvalue weighted by Gasteiger charge is -2.05. The predicted octanol–water partition coefficient (Wildman–Crippen LogP) is 0.611. The van der Waals surface area contributed by atoms with Gasteiger partial charge >= 0.3 is 6.03 Å². The summed E-state index contributed by atoms with van der Waals surface area (Å²) in [6, 6.07) is 0.379. The maximum atomic E-state index is 11.1. The van der Waals surface area contributed by atoms with E-state index in [4.69, 9.17) is 5.11 Å². The van der Waals surface area contributed by atoms with Crippen molar-refractivity contribution in [2.45, 2.75) is 38.1 Å². The van der Waals surface area contributed by atoms with E-state index in [0.29, 0.717) is 12.6 Å². The Bertz CT molecular complexity index is 158. The van der Waals surface area contributed by atoms with Gasteiger partial charge in [0, 0.05) is 19.2 Å². The summed E-state index contributed by atoms with van der Waals surface area (Å²) in [5.41, 5.74) is 0. The third kappa shape index (κ3) is 5.47. The number of carbonyl (C=O) groups excluding carboxylic acids is 1. The minimum absolute atomic E-state index is 0.0495. The highest BCUT2D eigenvalue weighted by molar-refractivity contribution is 5.74. The maximum absolute atomic E-state index is 11.1. The lowest BCUT2D eigenvalue weighted by atomic mass is 10.2. The van der Waals surface area contributed by atoms with E-state index in [-0.39, 0.29) is 12.6 Å². The largest absolute Gasteiger partial charge is 0.396 e. The molecule has 76 valence electrons. The Hall–Kier alpha value is -0.770. The number of carbonyl (C=O) groups is 1. The Kier molecular flexibility index (Phi) is 4.60. The number of unbranched alkanes of at least 4 members (excludes halogenated alkanes) is 2. The van der Waals surface area contributed by atoms with Crippen LogP contribution in [0.4, 0.5) is 4.79 Å². The minimum Gasteiger partial charge on any atom is -0.396 e. The van der Waals surface area contributed by atoms with Crippen LogP contribution in [0, 0.1) is 0 Å². The zero-order valence-corrected chi connectivity index (χ0v) is 7.88. The Morgan fingerprint density at radius 3 is 2.69 bits per heavy atom. The summed E-state index contributed by atoms with van der Waals surface area (Å²) in [4.78, 5) is 11.1. The topological polar surface area (TPSA) is 61.4 Å². The highest BCUT2D eigenvalue weighted by atomic mass is 16.2. The number of aliphatic hydroxyl groups excluding tert-OH is 1. The lowest BCUT2D eigenvalue weighted by Crippen LogP contribution is -2.37. The molecule has 0 aromatic carbocycles. The number of hydrogen-bond acceptors (Lipinski definition) is 2. The van der Waals surface area contributed by atoms with E-state index in [1.807, 2.05) is 0 Å². The van der Waals surface area contributed by atoms with Gasteiger partial charge in [-0.15, -0.1) is 0 Å². The molecule has 0 aliphatic heterocycles. The second kappa shape index (κ2) is 5.80. The number of hydrogen-bond donors (Lipinski definition) is 3. The number of rotatable bonds is 6. The van der Waals surface area contributed by atoms with Crippen LogP contribution in [0.25, 0.3) is 0 Å². The Labute approximate surface area is 78.7 Å². The molecule has 0 radical (unpaired) electrons. The van der Waals surface area contributed by atoms with Crippen LogP contribution in [0.2, 0.25) is 0 Å². The first kappa shape index (κ1) is 10.3. The van der Waals surface area contributed by atoms with Gasteiger partial charge in [-0.05, 0) is 32.1 Å². The van der Waals surface area contributed by atoms with E-state index in [1.165, 1.54) is 0 Å². The van der Waals surface area contributed by atoms with Gasteiger partial charge in [-0.25, -0.2) is 4.79 Å². The maximum Gasteiger partial charge on any atom is 0.315 e. The molecular weight excluding hydrogens is 168 g/mol. The molecule has 1 rings (SSSR count). The summed E-state index contributed by atoms with van der Waals surface area (Å²) in [5, 5.41) is 14.1. The van der Waals surface area contributed by atoms with Crippen LogP contribution in [-0.2, 0) is 0 Å². The average molecular weight is 186 g/mol. The van der Waals surface area contributed by atoms with Gasteiger partial charge in [-0.1, -0.05) is 0 Å². The minimum atomic E-state index is -0.0495. The zero-order chi connectivity index (χ0) is 9.52. The standard InChI is InChI=1S/C9H18N2O2/c12-7-3-1-2-6-10-9(13)11-8-4-5-8/h8,12H,1-7H2,(H2,10,11,13). The number of nitrogens with one attached hydrogen (secondary N) is 2. The van der Waals surface area contributed by atoms with Crippen molar-refractivity contribution in [3.8, 4) is 0 Å². The summed E-state index contributed by atoms with van der Waals surface area (Å²) in [6.45, 7) is 0.951. The SMILES string of the molecule is O=C(NCCCCCO)NC1CC1. The van der Waals surface area contributed by atoms with Crippen molar-refractivity contribution in [1.82, 2.24) is 10.6 Å². The first-order valence-corrected chi connectivity index (χ1v) is 4.98. The van der Waals surface area contributed by atoms with Crippen LogP contribution in [0.3, 0.4) is 0 Å². The van der Waals surface area contributed by atoms with E-state index in [2.05, 4.69) is 10.6 Å². The molecule has 0 bridgehead atoms. The van der Waals surface area contributed by atoms with E-state index < -0.39 is 0 Å². The van der Waals surface area contributed by atoms with Gasteiger partial charge in [0.1, 0.15) is 0 Å². The monoisotopic (exact) mass is 186 g/mol. The van der Waals surface area contributed by atoms with Crippen molar-refractivity contribution in [3.05, 3.63) is 0 Å². The van der Waals surface area contributed by atoms with Crippen molar-refractivity contribution in [2.24, 2.45) is 0 Å². The van der Waals surface area contributed by atoms with E-state index in [1.54, 1.807) is 0 Å². The van der Waals surface area contributed by atoms with Crippen LogP contribution >= 0.6 is 0 Å². The Morgan fingerprint density at radius 2 is 2.08 bits per heavy atom. The van der Waals surface area contributed by atoms with Gasteiger partial charge in [0.05, 0.1) is 0 Å². The second-order valence-electron chi connectivity index (χ2n) is 3.46. The van der Waals surface area contributed by atoms with Gasteiger partial charge in [-0.3, -0.25) is 0 Å². The van der Waals surface area contributed by atoms with Crippen LogP contribution in [0.5, 0.6) is 0 Å². The number of urea groups is 1. The first-order valence-electron chi connectivity index (χ1n) is 4.98. The summed E-state index contributed by atoms with van der Waals surface area (Å²) < 4.78 is 0. The third-order valence-corrected chi connectivity index (χ3v) is 2.03. The average Bonchev–Trinajstić information content (AvgIpc) is 2.88. The molecule has 3 N–H and O–H groups in total. The molecule has 13 heavy (non-hydrogen) atoms. The van der Waals surface area contributed by atoms with Crippen molar-refractivity contribution in [2.75, 3.05) is 13.2 Å². The van der Waals surface area contributed by atoms with Crippen molar-refractivity contribution >= 4 is 6.03 Å². The molecule has 0 saturated heterocycles. The molecule has 1 saturated carbocycles. The second-order valence-corrected chi connectivity index (χ2v) is 3.46. The third-order valence-electron chi connectivity index (χ3n) is 2.03. The first-order chi connectivity index (χ1) is 6.33. The Balaban J connectivity index is 1.83. The van der Waals surface area contributed by atoms with Gasteiger partial charge in [0.25, 0.3) is 0 Å². The fourth-order valence-corrected chi connectivity index (χ4v) is 1.08. The number of amides is 2. The quantitative estimate of drug-likeness (QED) is 0.532. The van der Waals surface area contributed by atoms with Crippen LogP contribution in [0.1, 0.15) is 32.1 Å². The molecule has 1 aliphatic carbocycles. The molecule has 0 spiro atoms. The van der Waals surface area contributed by atoms with Gasteiger partial charge in [0.2, 0.25) is 0 Å². The van der Waals surface area contributed by atoms with Crippen molar-refractivity contribution in [1.29, 1.82) is 0 Å². The predicted molar refractivity (Wildman–Crippen MR) is 50.5 cm³/mol. The fraction of sp³-hybridized carbons (Fsp3) is 0.889. The molecular formula is C9H18N2O2. The molecule has 0 heterocycles. The summed E-state index contributed by atoms with van der Waals surface area (Å²) in [7, 11) is 0. The van der Waals surface area contributed by atoms with Gasteiger partial charge in [-0.2, -0.15) is 0 Å². The Morgan fingerprint density at radius 1 is 1.31 bits per heavy atom. The molecule has 0 atom stereocenters. The molecule has 0 aromatic rings.